The van der Waals surface area contributed by atoms with Crippen molar-refractivity contribution in [1.29, 1.82) is 0 Å². The fraction of sp³-hybridized carbons (Fsp3) is 0.0909. The van der Waals surface area contributed by atoms with Crippen molar-refractivity contribution in [2.24, 2.45) is 0 Å². The van der Waals surface area contributed by atoms with Crippen molar-refractivity contribution >= 4 is 22.9 Å². The van der Waals surface area contributed by atoms with Crippen molar-refractivity contribution in [2.75, 3.05) is 0 Å². The minimum atomic E-state index is -0.815. The molecule has 2 rings (SSSR count). The molecule has 78 valence electrons. The fourth-order valence-electron chi connectivity index (χ4n) is 1.36. The summed E-state index contributed by atoms with van der Waals surface area (Å²) in [4.78, 5) is 0. The zero-order valence-electron chi connectivity index (χ0n) is 7.65. The third-order valence-electron chi connectivity index (χ3n) is 2.06. The SMILES string of the molecule is OC(c1ccsc1)c1cc(F)cc(Cl)c1. The molecule has 0 radical (unpaired) electrons. The molecule has 1 aromatic carbocycles. The molecule has 1 unspecified atom stereocenters. The molecule has 0 spiro atoms. The van der Waals surface area contributed by atoms with Crippen LogP contribution in [0.3, 0.4) is 0 Å². The van der Waals surface area contributed by atoms with Gasteiger partial charge in [-0.25, -0.2) is 4.39 Å². The highest BCUT2D eigenvalue weighted by atomic mass is 35.5. The Balaban J connectivity index is 2.37. The predicted octanol–water partition coefficient (Wildman–Crippen LogP) is 3.62. The van der Waals surface area contributed by atoms with E-state index in [0.717, 1.165) is 5.56 Å². The molecule has 0 saturated heterocycles. The smallest absolute Gasteiger partial charge is 0.125 e. The van der Waals surface area contributed by atoms with E-state index < -0.39 is 11.9 Å². The predicted molar refractivity (Wildman–Crippen MR) is 59.8 cm³/mol. The summed E-state index contributed by atoms with van der Waals surface area (Å²) in [7, 11) is 0. The summed E-state index contributed by atoms with van der Waals surface area (Å²) in [6.45, 7) is 0. The monoisotopic (exact) mass is 242 g/mol. The lowest BCUT2D eigenvalue weighted by Crippen LogP contribution is -1.98. The Bertz CT molecular complexity index is 435. The van der Waals surface area contributed by atoms with Gasteiger partial charge in [0.05, 0.1) is 0 Å². The lowest BCUT2D eigenvalue weighted by molar-refractivity contribution is 0.220. The number of halogens is 2. The molecule has 0 bridgehead atoms. The first-order valence-corrected chi connectivity index (χ1v) is 5.65. The summed E-state index contributed by atoms with van der Waals surface area (Å²) < 4.78 is 13.0. The van der Waals surface area contributed by atoms with Gasteiger partial charge in [-0.05, 0) is 46.2 Å². The largest absolute Gasteiger partial charge is 0.384 e. The van der Waals surface area contributed by atoms with Crippen LogP contribution in [-0.2, 0) is 0 Å². The lowest BCUT2D eigenvalue weighted by Gasteiger charge is -2.09. The Hall–Kier alpha value is -0.900. The lowest BCUT2D eigenvalue weighted by atomic mass is 10.0. The van der Waals surface area contributed by atoms with E-state index in [1.807, 2.05) is 10.8 Å². The van der Waals surface area contributed by atoms with Crippen LogP contribution in [0.25, 0.3) is 0 Å². The highest BCUT2D eigenvalue weighted by Crippen LogP contribution is 2.26. The van der Waals surface area contributed by atoms with Crippen molar-refractivity contribution in [1.82, 2.24) is 0 Å². The number of aliphatic hydroxyl groups excluding tert-OH is 1. The first-order valence-electron chi connectivity index (χ1n) is 4.33. The third kappa shape index (κ3) is 2.37. The second-order valence-electron chi connectivity index (χ2n) is 3.16. The van der Waals surface area contributed by atoms with Gasteiger partial charge < -0.3 is 5.11 Å². The molecule has 15 heavy (non-hydrogen) atoms. The number of hydrogen-bond donors (Lipinski definition) is 1. The van der Waals surface area contributed by atoms with Crippen molar-refractivity contribution < 1.29 is 9.50 Å². The zero-order chi connectivity index (χ0) is 10.8. The fourth-order valence-corrected chi connectivity index (χ4v) is 2.27. The molecule has 1 aromatic heterocycles. The van der Waals surface area contributed by atoms with E-state index in [4.69, 9.17) is 11.6 Å². The van der Waals surface area contributed by atoms with E-state index in [9.17, 15) is 9.50 Å². The Labute approximate surface area is 95.8 Å². The number of thiophene rings is 1. The molecule has 0 aliphatic heterocycles. The summed E-state index contributed by atoms with van der Waals surface area (Å²) in [6.07, 6.45) is -0.815. The van der Waals surface area contributed by atoms with Gasteiger partial charge in [-0.2, -0.15) is 11.3 Å². The normalized spacial score (nSPS) is 12.7. The van der Waals surface area contributed by atoms with Crippen LogP contribution in [-0.4, -0.2) is 5.11 Å². The molecule has 4 heteroatoms. The van der Waals surface area contributed by atoms with Gasteiger partial charge in [0.15, 0.2) is 0 Å². The molecular weight excluding hydrogens is 235 g/mol. The van der Waals surface area contributed by atoms with E-state index in [-0.39, 0.29) is 0 Å². The van der Waals surface area contributed by atoms with E-state index in [2.05, 4.69) is 0 Å². The average Bonchev–Trinajstić information content (AvgIpc) is 2.67. The van der Waals surface area contributed by atoms with E-state index in [1.54, 1.807) is 12.1 Å². The summed E-state index contributed by atoms with van der Waals surface area (Å²) in [5.41, 5.74) is 1.22. The average molecular weight is 243 g/mol. The maximum atomic E-state index is 13.0. The molecule has 0 saturated carbocycles. The summed E-state index contributed by atoms with van der Waals surface area (Å²) in [6, 6.07) is 5.86. The van der Waals surface area contributed by atoms with Gasteiger partial charge in [-0.15, -0.1) is 0 Å². The maximum Gasteiger partial charge on any atom is 0.125 e. The summed E-state index contributed by atoms with van der Waals surface area (Å²) in [5.74, 6) is -0.438. The van der Waals surface area contributed by atoms with Crippen LogP contribution in [0, 0.1) is 5.82 Å². The molecule has 1 nitrogen and oxygen atoms in total. The quantitative estimate of drug-likeness (QED) is 0.853. The highest BCUT2D eigenvalue weighted by Gasteiger charge is 2.12. The molecule has 0 aliphatic carbocycles. The summed E-state index contributed by atoms with van der Waals surface area (Å²) >= 11 is 7.19. The van der Waals surface area contributed by atoms with Crippen LogP contribution in [0.2, 0.25) is 5.02 Å². The first-order chi connectivity index (χ1) is 7.16. The Morgan fingerprint density at radius 3 is 2.67 bits per heavy atom. The molecule has 0 fully saturated rings. The molecular formula is C11H8ClFOS. The molecule has 1 N–H and O–H groups in total. The first kappa shape index (κ1) is 10.6. The minimum Gasteiger partial charge on any atom is -0.384 e. The minimum absolute atomic E-state index is 0.291. The van der Waals surface area contributed by atoms with Crippen LogP contribution < -0.4 is 0 Å². The number of hydrogen-bond acceptors (Lipinski definition) is 2. The molecule has 0 aliphatic rings. The van der Waals surface area contributed by atoms with E-state index in [0.29, 0.717) is 10.6 Å². The number of aliphatic hydroxyl groups is 1. The van der Waals surface area contributed by atoms with E-state index >= 15 is 0 Å². The van der Waals surface area contributed by atoms with Crippen molar-refractivity contribution in [3.05, 3.63) is 57.0 Å². The standard InChI is InChI=1S/C11H8ClFOS/c12-9-3-8(4-10(13)5-9)11(14)7-1-2-15-6-7/h1-6,11,14H. The van der Waals surface area contributed by atoms with Crippen LogP contribution in [0.4, 0.5) is 4.39 Å². The Kier molecular flexibility index (Phi) is 3.05. The highest BCUT2D eigenvalue weighted by molar-refractivity contribution is 7.07. The van der Waals surface area contributed by atoms with Gasteiger partial charge in [0.1, 0.15) is 11.9 Å². The van der Waals surface area contributed by atoms with E-state index in [1.165, 1.54) is 23.5 Å². The number of benzene rings is 1. The molecule has 1 heterocycles. The molecule has 0 amide bonds. The van der Waals surface area contributed by atoms with Crippen LogP contribution in [0.5, 0.6) is 0 Å². The second kappa shape index (κ2) is 4.31. The molecule has 1 atom stereocenters. The van der Waals surface area contributed by atoms with Gasteiger partial charge in [-0.1, -0.05) is 11.6 Å². The second-order valence-corrected chi connectivity index (χ2v) is 4.38. The Morgan fingerprint density at radius 2 is 2.07 bits per heavy atom. The number of rotatable bonds is 2. The zero-order valence-corrected chi connectivity index (χ0v) is 9.23. The van der Waals surface area contributed by atoms with Crippen molar-refractivity contribution in [3.63, 3.8) is 0 Å². The van der Waals surface area contributed by atoms with Crippen molar-refractivity contribution in [2.45, 2.75) is 6.10 Å². The third-order valence-corrected chi connectivity index (χ3v) is 2.98. The van der Waals surface area contributed by atoms with Gasteiger partial charge in [0.25, 0.3) is 0 Å². The summed E-state index contributed by atoms with van der Waals surface area (Å²) in [5, 5.41) is 13.9. The maximum absolute atomic E-state index is 13.0. The van der Waals surface area contributed by atoms with Crippen LogP contribution >= 0.6 is 22.9 Å². The topological polar surface area (TPSA) is 20.2 Å². The van der Waals surface area contributed by atoms with Gasteiger partial charge >= 0.3 is 0 Å². The Morgan fingerprint density at radius 1 is 1.27 bits per heavy atom. The van der Waals surface area contributed by atoms with Gasteiger partial charge in [-0.3, -0.25) is 0 Å². The van der Waals surface area contributed by atoms with Gasteiger partial charge in [0, 0.05) is 5.02 Å². The van der Waals surface area contributed by atoms with Crippen molar-refractivity contribution in [3.8, 4) is 0 Å². The van der Waals surface area contributed by atoms with Crippen LogP contribution in [0.15, 0.2) is 35.0 Å². The van der Waals surface area contributed by atoms with Crippen LogP contribution in [0.1, 0.15) is 17.2 Å². The molecule has 2 aromatic rings. The van der Waals surface area contributed by atoms with Gasteiger partial charge in [0.2, 0.25) is 0 Å².